The normalized spacial score (nSPS) is 12.7. The van der Waals surface area contributed by atoms with Gasteiger partial charge in [0.2, 0.25) is 0 Å². The molecule has 0 aromatic rings. The molecule has 0 aliphatic heterocycles. The predicted octanol–water partition coefficient (Wildman–Crippen LogP) is 10.4. The number of unbranched alkanes of at least 4 members (excludes halogenated alkanes) is 21. The molecule has 6 heteroatoms. The molecule has 0 radical (unpaired) electrons. The SMILES string of the molecule is CCCCCCCCCCCCCCCCC(O)C(=O)O.CCCCCC[C@@H](O)CC=CCCCCCCCC(=O)O. The van der Waals surface area contributed by atoms with Gasteiger partial charge in [0.05, 0.1) is 6.10 Å². The summed E-state index contributed by atoms with van der Waals surface area (Å²) in [5.41, 5.74) is 0. The lowest BCUT2D eigenvalue weighted by Crippen LogP contribution is -2.18. The average molecular weight is 599 g/mol. The molecule has 2 atom stereocenters. The predicted molar refractivity (Wildman–Crippen MR) is 177 cm³/mol. The number of carbonyl (C=O) groups is 2. The lowest BCUT2D eigenvalue weighted by atomic mass is 10.0. The maximum absolute atomic E-state index is 10.4. The summed E-state index contributed by atoms with van der Waals surface area (Å²) < 4.78 is 0. The van der Waals surface area contributed by atoms with Gasteiger partial charge in [0.15, 0.2) is 6.10 Å². The largest absolute Gasteiger partial charge is 0.481 e. The molecule has 0 heterocycles. The first-order chi connectivity index (χ1) is 20.3. The first-order valence-corrected chi connectivity index (χ1v) is 17.8. The molecule has 4 N–H and O–H groups in total. The number of allylic oxidation sites excluding steroid dienone is 1. The Balaban J connectivity index is 0. The van der Waals surface area contributed by atoms with Crippen LogP contribution in [0.25, 0.3) is 0 Å². The van der Waals surface area contributed by atoms with Gasteiger partial charge in [-0.1, -0.05) is 161 Å². The van der Waals surface area contributed by atoms with Crippen LogP contribution >= 0.6 is 0 Å². The Morgan fingerprint density at radius 2 is 0.929 bits per heavy atom. The summed E-state index contributed by atoms with van der Waals surface area (Å²) in [4.78, 5) is 20.7. The second kappa shape index (κ2) is 35.8. The van der Waals surface area contributed by atoms with E-state index in [1.54, 1.807) is 0 Å². The van der Waals surface area contributed by atoms with E-state index in [-0.39, 0.29) is 6.10 Å². The number of rotatable bonds is 31. The molecule has 250 valence electrons. The van der Waals surface area contributed by atoms with Crippen molar-refractivity contribution in [2.75, 3.05) is 0 Å². The van der Waals surface area contributed by atoms with Gasteiger partial charge in [0, 0.05) is 6.42 Å². The third-order valence-electron chi connectivity index (χ3n) is 7.84. The molecule has 0 aliphatic carbocycles. The van der Waals surface area contributed by atoms with E-state index in [9.17, 15) is 14.7 Å². The van der Waals surface area contributed by atoms with Crippen molar-refractivity contribution in [3.05, 3.63) is 12.2 Å². The van der Waals surface area contributed by atoms with Gasteiger partial charge in [-0.2, -0.15) is 0 Å². The molecule has 0 aromatic heterocycles. The van der Waals surface area contributed by atoms with E-state index in [1.807, 2.05) is 0 Å². The van der Waals surface area contributed by atoms with Gasteiger partial charge in [-0.15, -0.1) is 0 Å². The third-order valence-corrected chi connectivity index (χ3v) is 7.84. The van der Waals surface area contributed by atoms with E-state index in [0.29, 0.717) is 12.8 Å². The summed E-state index contributed by atoms with van der Waals surface area (Å²) in [5.74, 6) is -1.78. The third kappa shape index (κ3) is 38.6. The Labute approximate surface area is 259 Å². The second-order valence-corrected chi connectivity index (χ2v) is 12.1. The second-order valence-electron chi connectivity index (χ2n) is 12.1. The maximum Gasteiger partial charge on any atom is 0.332 e. The minimum absolute atomic E-state index is 0.172. The van der Waals surface area contributed by atoms with Gasteiger partial charge in [-0.3, -0.25) is 4.79 Å². The molecular weight excluding hydrogens is 528 g/mol. The molecule has 0 saturated heterocycles. The van der Waals surface area contributed by atoms with Crippen molar-refractivity contribution in [1.82, 2.24) is 0 Å². The van der Waals surface area contributed by atoms with Gasteiger partial charge in [-0.25, -0.2) is 4.79 Å². The van der Waals surface area contributed by atoms with E-state index >= 15 is 0 Å². The molecule has 0 aliphatic rings. The molecule has 0 amide bonds. The molecule has 0 bridgehead atoms. The highest BCUT2D eigenvalue weighted by atomic mass is 16.4. The van der Waals surface area contributed by atoms with Crippen LogP contribution in [0.3, 0.4) is 0 Å². The summed E-state index contributed by atoms with van der Waals surface area (Å²) in [6.45, 7) is 4.46. The van der Waals surface area contributed by atoms with Crippen molar-refractivity contribution >= 4 is 11.9 Å². The molecule has 0 fully saturated rings. The quantitative estimate of drug-likeness (QED) is 0.0466. The van der Waals surface area contributed by atoms with Gasteiger partial charge >= 0.3 is 11.9 Å². The fourth-order valence-electron chi connectivity index (χ4n) is 5.02. The van der Waals surface area contributed by atoms with Gasteiger partial charge in [-0.05, 0) is 38.5 Å². The van der Waals surface area contributed by atoms with Gasteiger partial charge in [0.25, 0.3) is 0 Å². The number of hydrogen-bond donors (Lipinski definition) is 4. The van der Waals surface area contributed by atoms with Crippen molar-refractivity contribution in [2.45, 2.75) is 206 Å². The summed E-state index contributed by atoms with van der Waals surface area (Å²) in [6, 6.07) is 0. The van der Waals surface area contributed by atoms with Crippen LogP contribution in [0.1, 0.15) is 194 Å². The van der Waals surface area contributed by atoms with Gasteiger partial charge in [0.1, 0.15) is 0 Å². The Morgan fingerprint density at radius 3 is 1.40 bits per heavy atom. The van der Waals surface area contributed by atoms with Crippen LogP contribution in [0.15, 0.2) is 12.2 Å². The van der Waals surface area contributed by atoms with Crippen molar-refractivity contribution in [3.63, 3.8) is 0 Å². The van der Waals surface area contributed by atoms with Crippen molar-refractivity contribution in [2.24, 2.45) is 0 Å². The van der Waals surface area contributed by atoms with Crippen LogP contribution in [0.4, 0.5) is 0 Å². The highest BCUT2D eigenvalue weighted by Gasteiger charge is 2.11. The molecule has 1 unspecified atom stereocenters. The Hall–Kier alpha value is -1.40. The first-order valence-electron chi connectivity index (χ1n) is 17.8. The van der Waals surface area contributed by atoms with Crippen molar-refractivity contribution in [3.8, 4) is 0 Å². The molecule has 0 aromatic carbocycles. The van der Waals surface area contributed by atoms with Crippen LogP contribution in [0.5, 0.6) is 0 Å². The van der Waals surface area contributed by atoms with Crippen LogP contribution < -0.4 is 0 Å². The minimum Gasteiger partial charge on any atom is -0.481 e. The Kier molecular flexibility index (Phi) is 36.4. The summed E-state index contributed by atoms with van der Waals surface area (Å²) in [6.07, 6.45) is 34.6. The molecule has 0 rings (SSSR count). The summed E-state index contributed by atoms with van der Waals surface area (Å²) in [5, 5.41) is 36.0. The zero-order valence-corrected chi connectivity index (χ0v) is 27.7. The van der Waals surface area contributed by atoms with Crippen LogP contribution in [-0.2, 0) is 9.59 Å². The molecule has 0 saturated carbocycles. The van der Waals surface area contributed by atoms with E-state index < -0.39 is 18.0 Å². The topological polar surface area (TPSA) is 115 Å². The number of aliphatic hydroxyl groups excluding tert-OH is 2. The highest BCUT2D eigenvalue weighted by Crippen LogP contribution is 2.14. The smallest absolute Gasteiger partial charge is 0.332 e. The Morgan fingerprint density at radius 1 is 0.524 bits per heavy atom. The monoisotopic (exact) mass is 599 g/mol. The summed E-state index contributed by atoms with van der Waals surface area (Å²) >= 11 is 0. The van der Waals surface area contributed by atoms with Gasteiger partial charge < -0.3 is 20.4 Å². The van der Waals surface area contributed by atoms with E-state index in [0.717, 1.165) is 64.2 Å². The Bertz CT molecular complexity index is 591. The van der Waals surface area contributed by atoms with Crippen molar-refractivity contribution in [1.29, 1.82) is 0 Å². The van der Waals surface area contributed by atoms with Crippen LogP contribution in [0, 0.1) is 0 Å². The zero-order chi connectivity index (χ0) is 31.5. The van der Waals surface area contributed by atoms with E-state index in [4.69, 9.17) is 15.3 Å². The molecule has 42 heavy (non-hydrogen) atoms. The number of hydrogen-bond acceptors (Lipinski definition) is 4. The number of aliphatic carboxylic acids is 2. The lowest BCUT2D eigenvalue weighted by Gasteiger charge is -2.07. The molecule has 6 nitrogen and oxygen atoms in total. The average Bonchev–Trinajstić information content (AvgIpc) is 2.96. The van der Waals surface area contributed by atoms with Crippen molar-refractivity contribution < 1.29 is 30.0 Å². The van der Waals surface area contributed by atoms with Crippen LogP contribution in [-0.4, -0.2) is 44.6 Å². The first kappa shape index (κ1) is 42.7. The standard InChI is InChI=1S/C18H34O3.C18H36O3/c1-2-3-4-11-14-17(19)15-12-9-7-5-6-8-10-13-16-18(20)21;1-2-3-4-5-6-7-8-9-10-11-12-13-14-15-16-17(19)18(20)21/h9,12,17,19H,2-8,10-11,13-16H2,1H3,(H,20,21);17,19H,2-16H2,1H3,(H,20,21)/t17-;/m1./s1. The number of carboxylic acid groups (broad SMARTS) is 2. The molecular formula is C36H70O6. The summed E-state index contributed by atoms with van der Waals surface area (Å²) in [7, 11) is 0. The van der Waals surface area contributed by atoms with E-state index in [2.05, 4.69) is 26.0 Å². The van der Waals surface area contributed by atoms with E-state index in [1.165, 1.54) is 103 Å². The maximum atomic E-state index is 10.4. The molecule has 0 spiro atoms. The number of aliphatic hydroxyl groups is 2. The zero-order valence-electron chi connectivity index (χ0n) is 27.7. The fraction of sp³-hybridized carbons (Fsp3) is 0.889. The number of carboxylic acids is 2. The minimum atomic E-state index is -1.16. The lowest BCUT2D eigenvalue weighted by molar-refractivity contribution is -0.147. The van der Waals surface area contributed by atoms with Crippen LogP contribution in [0.2, 0.25) is 0 Å². The fourth-order valence-corrected chi connectivity index (χ4v) is 5.02. The highest BCUT2D eigenvalue weighted by molar-refractivity contribution is 5.71.